The van der Waals surface area contributed by atoms with Crippen LogP contribution in [0.25, 0.3) is 0 Å². The number of carbonyl (C=O) groups is 1. The van der Waals surface area contributed by atoms with Crippen molar-refractivity contribution in [2.75, 3.05) is 10.0 Å². The largest absolute Gasteiger partial charge is 0.322 e. The molecule has 0 aromatic heterocycles. The number of sulfonamides is 1. The maximum atomic E-state index is 12.9. The van der Waals surface area contributed by atoms with Crippen molar-refractivity contribution in [2.45, 2.75) is 11.8 Å². The number of benzene rings is 3. The number of para-hydroxylation sites is 1. The Bertz CT molecular complexity index is 1060. The number of aryl methyl sites for hydroxylation is 1. The van der Waals surface area contributed by atoms with Crippen LogP contribution in [0.4, 0.5) is 15.8 Å². The second-order valence-corrected chi connectivity index (χ2v) is 7.59. The van der Waals surface area contributed by atoms with Crippen LogP contribution in [0.2, 0.25) is 0 Å². The minimum Gasteiger partial charge on any atom is -0.322 e. The molecule has 3 rings (SSSR count). The van der Waals surface area contributed by atoms with Crippen molar-refractivity contribution in [2.24, 2.45) is 0 Å². The average Bonchev–Trinajstić information content (AvgIpc) is 2.64. The maximum absolute atomic E-state index is 12.9. The van der Waals surface area contributed by atoms with Gasteiger partial charge in [0, 0.05) is 16.9 Å². The Morgan fingerprint density at radius 1 is 0.889 bits per heavy atom. The number of carbonyl (C=O) groups excluding carboxylic acids is 1. The van der Waals surface area contributed by atoms with Crippen LogP contribution in [0.3, 0.4) is 0 Å². The van der Waals surface area contributed by atoms with Gasteiger partial charge >= 0.3 is 0 Å². The molecule has 0 fully saturated rings. The number of hydrogen-bond acceptors (Lipinski definition) is 3. The first-order valence-corrected chi connectivity index (χ1v) is 9.59. The Kier molecular flexibility index (Phi) is 5.23. The molecule has 138 valence electrons. The van der Waals surface area contributed by atoms with Gasteiger partial charge < -0.3 is 5.32 Å². The predicted octanol–water partition coefficient (Wildman–Crippen LogP) is 4.19. The lowest BCUT2D eigenvalue weighted by Crippen LogP contribution is -2.14. The van der Waals surface area contributed by atoms with Crippen molar-refractivity contribution < 1.29 is 17.6 Å². The molecule has 0 bridgehead atoms. The second kappa shape index (κ2) is 7.59. The van der Waals surface area contributed by atoms with E-state index < -0.39 is 15.8 Å². The first-order valence-electron chi connectivity index (χ1n) is 8.10. The van der Waals surface area contributed by atoms with Gasteiger partial charge in [0.15, 0.2) is 0 Å². The van der Waals surface area contributed by atoms with Crippen LogP contribution in [0.5, 0.6) is 0 Å². The summed E-state index contributed by atoms with van der Waals surface area (Å²) < 4.78 is 39.9. The highest BCUT2D eigenvalue weighted by atomic mass is 32.2. The summed E-state index contributed by atoms with van der Waals surface area (Å²) in [6.07, 6.45) is 0. The van der Waals surface area contributed by atoms with Gasteiger partial charge in [0.2, 0.25) is 0 Å². The number of hydrogen-bond donors (Lipinski definition) is 2. The smallest absolute Gasteiger partial charge is 0.261 e. The van der Waals surface area contributed by atoms with E-state index in [-0.39, 0.29) is 10.8 Å². The summed E-state index contributed by atoms with van der Waals surface area (Å²) in [7, 11) is -3.83. The van der Waals surface area contributed by atoms with Crippen LogP contribution >= 0.6 is 0 Å². The normalized spacial score (nSPS) is 11.0. The van der Waals surface area contributed by atoms with Crippen LogP contribution in [0, 0.1) is 12.7 Å². The Balaban J connectivity index is 1.72. The molecule has 0 saturated heterocycles. The van der Waals surface area contributed by atoms with E-state index in [1.807, 2.05) is 25.1 Å². The van der Waals surface area contributed by atoms with Crippen molar-refractivity contribution in [1.82, 2.24) is 0 Å². The van der Waals surface area contributed by atoms with E-state index in [1.165, 1.54) is 36.4 Å². The van der Waals surface area contributed by atoms with Gasteiger partial charge in [-0.15, -0.1) is 0 Å². The van der Waals surface area contributed by atoms with Crippen LogP contribution in [-0.2, 0) is 10.0 Å². The van der Waals surface area contributed by atoms with E-state index in [0.29, 0.717) is 16.9 Å². The van der Waals surface area contributed by atoms with Gasteiger partial charge in [-0.1, -0.05) is 18.2 Å². The summed E-state index contributed by atoms with van der Waals surface area (Å²) in [6, 6.07) is 18.0. The van der Waals surface area contributed by atoms with Crippen molar-refractivity contribution in [3.8, 4) is 0 Å². The molecule has 1 amide bonds. The van der Waals surface area contributed by atoms with E-state index in [0.717, 1.165) is 17.7 Å². The molecular weight excluding hydrogens is 367 g/mol. The van der Waals surface area contributed by atoms with Gasteiger partial charge in [-0.05, 0) is 67.1 Å². The Labute approximate surface area is 156 Å². The number of nitrogens with one attached hydrogen (secondary N) is 2. The minimum atomic E-state index is -3.83. The van der Waals surface area contributed by atoms with Crippen molar-refractivity contribution in [3.05, 3.63) is 89.7 Å². The molecule has 3 aromatic carbocycles. The van der Waals surface area contributed by atoms with Crippen molar-refractivity contribution in [3.63, 3.8) is 0 Å². The fraction of sp³-hybridized carbons (Fsp3) is 0.0500. The summed E-state index contributed by atoms with van der Waals surface area (Å²) in [5.74, 6) is -0.810. The summed E-state index contributed by atoms with van der Waals surface area (Å²) in [4.78, 5) is 12.3. The van der Waals surface area contributed by atoms with Crippen molar-refractivity contribution >= 4 is 27.3 Å². The first-order chi connectivity index (χ1) is 12.8. The fourth-order valence-electron chi connectivity index (χ4n) is 2.43. The zero-order valence-electron chi connectivity index (χ0n) is 14.4. The molecule has 0 heterocycles. The molecule has 0 saturated carbocycles. The second-order valence-electron chi connectivity index (χ2n) is 5.91. The maximum Gasteiger partial charge on any atom is 0.261 e. The van der Waals surface area contributed by atoms with Crippen molar-refractivity contribution in [1.29, 1.82) is 0 Å². The zero-order chi connectivity index (χ0) is 19.4. The molecule has 27 heavy (non-hydrogen) atoms. The third-order valence-electron chi connectivity index (χ3n) is 3.92. The number of rotatable bonds is 5. The molecule has 7 heteroatoms. The topological polar surface area (TPSA) is 75.3 Å². The summed E-state index contributed by atoms with van der Waals surface area (Å²) in [5.41, 5.74) is 2.34. The molecular formula is C20H17FN2O3S. The quantitative estimate of drug-likeness (QED) is 0.693. The Morgan fingerprint density at radius 3 is 2.15 bits per heavy atom. The van der Waals surface area contributed by atoms with Crippen LogP contribution in [0.15, 0.2) is 77.7 Å². The fourth-order valence-corrected chi connectivity index (χ4v) is 3.48. The summed E-state index contributed by atoms with van der Waals surface area (Å²) >= 11 is 0. The van der Waals surface area contributed by atoms with E-state index in [4.69, 9.17) is 0 Å². The Morgan fingerprint density at radius 2 is 1.52 bits per heavy atom. The minimum absolute atomic E-state index is 0.0507. The summed E-state index contributed by atoms with van der Waals surface area (Å²) in [6.45, 7) is 1.89. The molecule has 2 N–H and O–H groups in total. The Hall–Kier alpha value is -3.19. The zero-order valence-corrected chi connectivity index (χ0v) is 15.3. The van der Waals surface area contributed by atoms with E-state index >= 15 is 0 Å². The number of halogens is 1. The SMILES string of the molecule is Cc1ccccc1NC(=O)c1ccc(NS(=O)(=O)c2ccc(F)cc2)cc1. The van der Waals surface area contributed by atoms with Gasteiger partial charge in [-0.25, -0.2) is 12.8 Å². The van der Waals surface area contributed by atoms with Gasteiger partial charge in [0.1, 0.15) is 5.82 Å². The van der Waals surface area contributed by atoms with Gasteiger partial charge in [-0.2, -0.15) is 0 Å². The highest BCUT2D eigenvalue weighted by Crippen LogP contribution is 2.19. The molecule has 0 aliphatic carbocycles. The van der Waals surface area contributed by atoms with E-state index in [1.54, 1.807) is 6.07 Å². The number of amides is 1. The van der Waals surface area contributed by atoms with Crippen LogP contribution in [-0.4, -0.2) is 14.3 Å². The highest BCUT2D eigenvalue weighted by molar-refractivity contribution is 7.92. The lowest BCUT2D eigenvalue weighted by Gasteiger charge is -2.10. The molecule has 0 aliphatic heterocycles. The monoisotopic (exact) mass is 384 g/mol. The lowest BCUT2D eigenvalue weighted by molar-refractivity contribution is 0.102. The van der Waals surface area contributed by atoms with E-state index in [2.05, 4.69) is 10.0 Å². The van der Waals surface area contributed by atoms with Gasteiger partial charge in [-0.3, -0.25) is 9.52 Å². The molecule has 0 spiro atoms. The number of anilines is 2. The average molecular weight is 384 g/mol. The third kappa shape index (κ3) is 4.51. The standard InChI is InChI=1S/C20H17FN2O3S/c1-14-4-2-3-5-19(14)22-20(24)15-6-10-17(11-7-15)23-27(25,26)18-12-8-16(21)9-13-18/h2-13,23H,1H3,(H,22,24). The molecule has 3 aromatic rings. The van der Waals surface area contributed by atoms with E-state index in [9.17, 15) is 17.6 Å². The molecule has 5 nitrogen and oxygen atoms in total. The lowest BCUT2D eigenvalue weighted by atomic mass is 10.1. The highest BCUT2D eigenvalue weighted by Gasteiger charge is 2.15. The van der Waals surface area contributed by atoms with Crippen LogP contribution in [0.1, 0.15) is 15.9 Å². The first kappa shape index (κ1) is 18.6. The molecule has 0 atom stereocenters. The van der Waals surface area contributed by atoms with Gasteiger partial charge in [0.25, 0.3) is 15.9 Å². The van der Waals surface area contributed by atoms with Crippen LogP contribution < -0.4 is 10.0 Å². The summed E-state index contributed by atoms with van der Waals surface area (Å²) in [5, 5.41) is 2.81. The molecule has 0 aliphatic rings. The molecule has 0 radical (unpaired) electrons. The van der Waals surface area contributed by atoms with Gasteiger partial charge in [0.05, 0.1) is 4.90 Å². The predicted molar refractivity (Wildman–Crippen MR) is 103 cm³/mol. The third-order valence-corrected chi connectivity index (χ3v) is 5.31. The molecule has 0 unspecified atom stereocenters.